The van der Waals surface area contributed by atoms with Crippen LogP contribution in [0.5, 0.6) is 0 Å². The minimum Gasteiger partial charge on any atom is -0.370 e. The van der Waals surface area contributed by atoms with E-state index in [1.54, 1.807) is 7.05 Å². The average Bonchev–Trinajstić information content (AvgIpc) is 2.02. The molecule has 1 atom stereocenters. The van der Waals surface area contributed by atoms with Gasteiger partial charge in [0.25, 0.3) is 0 Å². The summed E-state index contributed by atoms with van der Waals surface area (Å²) in [6.45, 7) is 2.93. The van der Waals surface area contributed by atoms with E-state index in [9.17, 15) is 0 Å². The molecule has 0 radical (unpaired) electrons. The van der Waals surface area contributed by atoms with Crippen molar-refractivity contribution in [3.05, 3.63) is 0 Å². The van der Waals surface area contributed by atoms with E-state index in [0.717, 1.165) is 19.4 Å². The van der Waals surface area contributed by atoms with Gasteiger partial charge in [-0.25, -0.2) is 0 Å². The Balaban J connectivity index is 3.51. The fourth-order valence-corrected chi connectivity index (χ4v) is 0.936. The van der Waals surface area contributed by atoms with Crippen LogP contribution in [0.25, 0.3) is 0 Å². The van der Waals surface area contributed by atoms with Gasteiger partial charge < -0.3 is 16.4 Å². The quantitative estimate of drug-likeness (QED) is 0.463. The highest BCUT2D eigenvalue weighted by Crippen LogP contribution is 1.95. The Hall–Kier alpha value is -0.770. The Bertz CT molecular complexity index is 142. The van der Waals surface area contributed by atoms with Crippen LogP contribution < -0.4 is 11.5 Å². The molecule has 0 amide bonds. The molecule has 0 fully saturated rings. The minimum absolute atomic E-state index is 0.276. The first-order valence-electron chi connectivity index (χ1n) is 4.27. The van der Waals surface area contributed by atoms with Crippen LogP contribution in [0.1, 0.15) is 19.8 Å². The summed E-state index contributed by atoms with van der Waals surface area (Å²) in [4.78, 5) is 5.81. The van der Waals surface area contributed by atoms with Crippen LogP contribution >= 0.6 is 0 Å². The zero-order chi connectivity index (χ0) is 9.56. The van der Waals surface area contributed by atoms with Gasteiger partial charge in [-0.15, -0.1) is 0 Å². The maximum absolute atomic E-state index is 5.61. The Morgan fingerprint density at radius 2 is 2.17 bits per heavy atom. The van der Waals surface area contributed by atoms with Crippen molar-refractivity contribution in [1.82, 2.24) is 4.90 Å². The molecule has 0 aromatic carbocycles. The molecular formula is C8H20N4. The van der Waals surface area contributed by atoms with Crippen molar-refractivity contribution in [2.45, 2.75) is 25.8 Å². The van der Waals surface area contributed by atoms with Gasteiger partial charge in [-0.05, 0) is 19.8 Å². The Morgan fingerprint density at radius 1 is 1.58 bits per heavy atom. The van der Waals surface area contributed by atoms with Gasteiger partial charge in [-0.3, -0.25) is 4.99 Å². The second-order valence-corrected chi connectivity index (χ2v) is 3.12. The van der Waals surface area contributed by atoms with E-state index in [-0.39, 0.29) is 6.04 Å². The van der Waals surface area contributed by atoms with E-state index < -0.39 is 0 Å². The molecule has 4 heteroatoms. The van der Waals surface area contributed by atoms with Crippen LogP contribution in [0.2, 0.25) is 0 Å². The number of nitrogens with two attached hydrogens (primary N) is 2. The Morgan fingerprint density at radius 3 is 2.58 bits per heavy atom. The molecular weight excluding hydrogens is 152 g/mol. The van der Waals surface area contributed by atoms with Crippen LogP contribution in [0, 0.1) is 0 Å². The average molecular weight is 172 g/mol. The zero-order valence-electron chi connectivity index (χ0n) is 8.25. The molecule has 72 valence electrons. The molecule has 0 aliphatic carbocycles. The smallest absolute Gasteiger partial charge is 0.190 e. The molecule has 0 rings (SSSR count). The number of hydrogen-bond acceptors (Lipinski definition) is 2. The third kappa shape index (κ3) is 4.96. The summed E-state index contributed by atoms with van der Waals surface area (Å²) < 4.78 is 0. The maximum Gasteiger partial charge on any atom is 0.190 e. The van der Waals surface area contributed by atoms with Crippen LogP contribution in [-0.4, -0.2) is 37.5 Å². The molecule has 12 heavy (non-hydrogen) atoms. The molecule has 0 heterocycles. The molecule has 0 spiro atoms. The van der Waals surface area contributed by atoms with Crippen molar-refractivity contribution in [1.29, 1.82) is 0 Å². The third-order valence-electron chi connectivity index (χ3n) is 1.77. The number of aliphatic imine (C=N–C) groups is 1. The lowest BCUT2D eigenvalue weighted by Gasteiger charge is -2.17. The van der Waals surface area contributed by atoms with Gasteiger partial charge in [-0.2, -0.15) is 0 Å². The van der Waals surface area contributed by atoms with Gasteiger partial charge >= 0.3 is 0 Å². The second kappa shape index (κ2) is 5.83. The predicted molar refractivity (Wildman–Crippen MR) is 53.1 cm³/mol. The predicted octanol–water partition coefficient (Wildman–Crippen LogP) is -0.00990. The first-order valence-corrected chi connectivity index (χ1v) is 4.27. The number of guanidine groups is 1. The first-order chi connectivity index (χ1) is 5.57. The normalized spacial score (nSPS) is 14.5. The Labute approximate surface area is 74.6 Å². The van der Waals surface area contributed by atoms with Gasteiger partial charge in [0.05, 0.1) is 0 Å². The van der Waals surface area contributed by atoms with Gasteiger partial charge in [0.15, 0.2) is 5.96 Å². The van der Waals surface area contributed by atoms with Crippen LogP contribution in [0.3, 0.4) is 0 Å². The first kappa shape index (κ1) is 11.2. The fraction of sp³-hybridized carbons (Fsp3) is 0.875. The van der Waals surface area contributed by atoms with E-state index in [2.05, 4.69) is 4.99 Å². The monoisotopic (exact) mass is 172 g/mol. The van der Waals surface area contributed by atoms with Gasteiger partial charge in [0.1, 0.15) is 0 Å². The summed E-state index contributed by atoms with van der Waals surface area (Å²) in [5.41, 5.74) is 11.2. The molecule has 0 aliphatic rings. The lowest BCUT2D eigenvalue weighted by Crippen LogP contribution is -2.35. The van der Waals surface area contributed by atoms with Crippen molar-refractivity contribution in [2.24, 2.45) is 16.5 Å². The highest BCUT2D eigenvalue weighted by atomic mass is 15.2. The summed E-state index contributed by atoms with van der Waals surface area (Å²) in [6, 6.07) is 0.276. The highest BCUT2D eigenvalue weighted by Gasteiger charge is 2.00. The minimum atomic E-state index is 0.276. The highest BCUT2D eigenvalue weighted by molar-refractivity contribution is 5.77. The molecule has 1 unspecified atom stereocenters. The summed E-state index contributed by atoms with van der Waals surface area (Å²) in [5.74, 6) is 0.583. The van der Waals surface area contributed by atoms with E-state index in [0.29, 0.717) is 5.96 Å². The van der Waals surface area contributed by atoms with Crippen LogP contribution in [0.4, 0.5) is 0 Å². The fourth-order valence-electron chi connectivity index (χ4n) is 0.936. The van der Waals surface area contributed by atoms with Crippen LogP contribution in [0.15, 0.2) is 4.99 Å². The van der Waals surface area contributed by atoms with E-state index in [1.165, 1.54) is 0 Å². The summed E-state index contributed by atoms with van der Waals surface area (Å²) >= 11 is 0. The van der Waals surface area contributed by atoms with Crippen molar-refractivity contribution in [2.75, 3.05) is 20.6 Å². The lowest BCUT2D eigenvalue weighted by atomic mass is 10.2. The van der Waals surface area contributed by atoms with E-state index in [4.69, 9.17) is 11.5 Å². The number of hydrogen-bond donors (Lipinski definition) is 2. The van der Waals surface area contributed by atoms with Gasteiger partial charge in [0, 0.05) is 26.7 Å². The molecule has 4 N–H and O–H groups in total. The molecule has 0 saturated heterocycles. The van der Waals surface area contributed by atoms with E-state index >= 15 is 0 Å². The second-order valence-electron chi connectivity index (χ2n) is 3.12. The zero-order valence-corrected chi connectivity index (χ0v) is 8.25. The summed E-state index contributed by atoms with van der Waals surface area (Å²) in [7, 11) is 3.63. The summed E-state index contributed by atoms with van der Waals surface area (Å²) in [6.07, 6.45) is 2.09. The van der Waals surface area contributed by atoms with Gasteiger partial charge in [-0.1, -0.05) is 0 Å². The third-order valence-corrected chi connectivity index (χ3v) is 1.77. The van der Waals surface area contributed by atoms with Crippen molar-refractivity contribution in [3.8, 4) is 0 Å². The van der Waals surface area contributed by atoms with Gasteiger partial charge in [0.2, 0.25) is 0 Å². The Kier molecular flexibility index (Phi) is 5.45. The molecule has 0 saturated carbocycles. The van der Waals surface area contributed by atoms with E-state index in [1.807, 2.05) is 18.9 Å². The lowest BCUT2D eigenvalue weighted by molar-refractivity contribution is 0.458. The summed E-state index contributed by atoms with van der Waals surface area (Å²) in [5, 5.41) is 0. The van der Waals surface area contributed by atoms with Crippen molar-refractivity contribution < 1.29 is 0 Å². The number of rotatable bonds is 4. The topological polar surface area (TPSA) is 67.6 Å². The molecule has 0 bridgehead atoms. The molecule has 4 nitrogen and oxygen atoms in total. The molecule has 0 aromatic rings. The van der Waals surface area contributed by atoms with Crippen molar-refractivity contribution >= 4 is 5.96 Å². The largest absolute Gasteiger partial charge is 0.370 e. The molecule has 0 aromatic heterocycles. The molecule has 0 aliphatic heterocycles. The van der Waals surface area contributed by atoms with Crippen LogP contribution in [-0.2, 0) is 0 Å². The van der Waals surface area contributed by atoms with Crippen molar-refractivity contribution in [3.63, 3.8) is 0 Å². The SMILES string of the molecule is CN=C(N)N(C)CCCC(C)N. The number of nitrogens with zero attached hydrogens (tertiary/aromatic N) is 2. The standard InChI is InChI=1S/C8H20N4/c1-7(9)5-4-6-12(3)8(10)11-2/h7H,4-6,9H2,1-3H3,(H2,10,11). The maximum atomic E-state index is 5.61.